The van der Waals surface area contributed by atoms with E-state index in [1.54, 1.807) is 35.4 Å². The van der Waals surface area contributed by atoms with E-state index in [-0.39, 0.29) is 31.4 Å². The van der Waals surface area contributed by atoms with Crippen LogP contribution in [0.3, 0.4) is 0 Å². The largest absolute Gasteiger partial charge is 0.484 e. The number of aliphatic carboxylic acids is 1. The number of piperazine rings is 1. The lowest BCUT2D eigenvalue weighted by molar-refractivity contribution is -0.138. The Hall–Kier alpha value is -4.41. The predicted molar refractivity (Wildman–Crippen MR) is 156 cm³/mol. The number of aromatic amines is 1. The van der Waals surface area contributed by atoms with Gasteiger partial charge in [0.05, 0.1) is 5.02 Å². The number of carboxylic acid groups (broad SMARTS) is 1. The van der Waals surface area contributed by atoms with Crippen LogP contribution in [-0.2, 0) is 27.2 Å². The lowest BCUT2D eigenvalue weighted by Crippen LogP contribution is -2.53. The molecule has 0 spiro atoms. The lowest BCUT2D eigenvalue weighted by Gasteiger charge is -2.34. The van der Waals surface area contributed by atoms with Crippen LogP contribution in [0.15, 0.2) is 60.9 Å². The number of anilines is 1. The Morgan fingerprint density at radius 3 is 2.68 bits per heavy atom. The normalized spacial score (nSPS) is 14.4. The van der Waals surface area contributed by atoms with Crippen LogP contribution in [0.2, 0.25) is 5.02 Å². The topological polar surface area (TPSA) is 142 Å². The summed E-state index contributed by atoms with van der Waals surface area (Å²) >= 11 is 6.81. The zero-order chi connectivity index (χ0) is 29.1. The van der Waals surface area contributed by atoms with E-state index < -0.39 is 12.0 Å². The van der Waals surface area contributed by atoms with E-state index >= 15 is 0 Å². The number of hydrogen-bond donors (Lipinski definition) is 3. The molecule has 41 heavy (non-hydrogen) atoms. The number of carboxylic acids is 1. The number of rotatable bonds is 9. The van der Waals surface area contributed by atoms with Gasteiger partial charge in [-0.05, 0) is 53.8 Å². The number of fused-ring (bicyclic) bond motifs is 1. The van der Waals surface area contributed by atoms with Crippen molar-refractivity contribution in [3.8, 4) is 16.9 Å². The number of aromatic nitrogens is 2. The van der Waals surface area contributed by atoms with Gasteiger partial charge in [0.15, 0.2) is 6.61 Å². The van der Waals surface area contributed by atoms with Crippen LogP contribution in [0.4, 0.5) is 5.69 Å². The minimum atomic E-state index is -1.07. The molecule has 4 aromatic rings. The molecule has 0 unspecified atom stereocenters. The number of nitrogens with two attached hydrogens (primary N) is 1. The third-order valence-electron chi connectivity index (χ3n) is 7.20. The minimum absolute atomic E-state index is 0.0596. The number of hydrogen-bond acceptors (Lipinski definition) is 6. The third kappa shape index (κ3) is 6.03. The monoisotopic (exact) mass is 575 g/mol. The third-order valence-corrected chi connectivity index (χ3v) is 7.59. The molecule has 0 aliphatic carbocycles. The van der Waals surface area contributed by atoms with Crippen LogP contribution in [0.5, 0.6) is 5.75 Å². The maximum Gasteiger partial charge on any atom is 0.320 e. The van der Waals surface area contributed by atoms with Crippen LogP contribution >= 0.6 is 11.6 Å². The Kier molecular flexibility index (Phi) is 8.23. The molecule has 1 fully saturated rings. The maximum atomic E-state index is 13.1. The highest BCUT2D eigenvalue weighted by Crippen LogP contribution is 2.36. The molecule has 10 nitrogen and oxygen atoms in total. The van der Waals surface area contributed by atoms with Crippen molar-refractivity contribution in [1.82, 2.24) is 14.9 Å². The second-order valence-corrected chi connectivity index (χ2v) is 10.2. The highest BCUT2D eigenvalue weighted by atomic mass is 35.5. The van der Waals surface area contributed by atoms with Crippen molar-refractivity contribution in [1.29, 1.82) is 0 Å². The average Bonchev–Trinajstić information content (AvgIpc) is 3.41. The van der Waals surface area contributed by atoms with Gasteiger partial charge in [-0.2, -0.15) is 0 Å². The average molecular weight is 576 g/mol. The molecule has 4 N–H and O–H groups in total. The standard InChI is InChI=1S/C30H30ClN5O5/c1-2-19-14-33-29-27(19)28(31)23(15-34-29)20-4-3-5-21(13-20)36-11-10-35(16-25(36)37)26(38)17-41-22-8-6-18(7-9-22)12-24(32)30(39)40/h3-9,13-15,24H,2,10-12,16-17,32H2,1H3,(H,33,34)(H,39,40)/t24-/m1/s1. The fourth-order valence-electron chi connectivity index (χ4n) is 4.90. The molecule has 0 saturated carbocycles. The van der Waals surface area contributed by atoms with Crippen LogP contribution < -0.4 is 15.4 Å². The van der Waals surface area contributed by atoms with Crippen molar-refractivity contribution in [3.05, 3.63) is 77.1 Å². The quantitative estimate of drug-likeness (QED) is 0.276. The lowest BCUT2D eigenvalue weighted by atomic mass is 10.0. The second-order valence-electron chi connectivity index (χ2n) is 9.87. The molecule has 3 heterocycles. The summed E-state index contributed by atoms with van der Waals surface area (Å²) in [5.41, 5.74) is 10.5. The van der Waals surface area contributed by atoms with E-state index in [9.17, 15) is 14.4 Å². The van der Waals surface area contributed by atoms with Crippen LogP contribution in [0, 0.1) is 0 Å². The first-order valence-corrected chi connectivity index (χ1v) is 13.7. The Bertz CT molecular complexity index is 1600. The van der Waals surface area contributed by atoms with Gasteiger partial charge in [0, 0.05) is 42.1 Å². The van der Waals surface area contributed by atoms with Gasteiger partial charge in [-0.1, -0.05) is 42.8 Å². The van der Waals surface area contributed by atoms with Gasteiger partial charge in [0.1, 0.15) is 24.0 Å². The first kappa shape index (κ1) is 28.1. The van der Waals surface area contributed by atoms with Gasteiger partial charge in [0.2, 0.25) is 5.91 Å². The molecular formula is C30H30ClN5O5. The molecule has 2 amide bonds. The SMILES string of the molecule is CCc1c[nH]c2ncc(-c3cccc(N4CCN(C(=O)COc5ccc(C[C@@H](N)C(=O)O)cc5)CC4=O)c3)c(Cl)c12. The van der Waals surface area contributed by atoms with E-state index in [1.807, 2.05) is 30.5 Å². The zero-order valence-electron chi connectivity index (χ0n) is 22.5. The summed E-state index contributed by atoms with van der Waals surface area (Å²) in [6.45, 7) is 2.49. The summed E-state index contributed by atoms with van der Waals surface area (Å²) in [7, 11) is 0. The summed E-state index contributed by atoms with van der Waals surface area (Å²) in [5.74, 6) is -1.10. The van der Waals surface area contributed by atoms with Gasteiger partial charge < -0.3 is 30.4 Å². The molecule has 1 atom stereocenters. The minimum Gasteiger partial charge on any atom is -0.484 e. The van der Waals surface area contributed by atoms with Crippen molar-refractivity contribution in [3.63, 3.8) is 0 Å². The first-order chi connectivity index (χ1) is 19.7. The van der Waals surface area contributed by atoms with E-state index in [0.717, 1.165) is 45.4 Å². The van der Waals surface area contributed by atoms with Crippen LogP contribution in [0.1, 0.15) is 18.1 Å². The molecule has 0 radical (unpaired) electrons. The number of ether oxygens (including phenoxy) is 1. The number of nitrogens with zero attached hydrogens (tertiary/aromatic N) is 3. The van der Waals surface area contributed by atoms with Gasteiger partial charge in [-0.3, -0.25) is 14.4 Å². The van der Waals surface area contributed by atoms with Crippen molar-refractivity contribution in [2.45, 2.75) is 25.8 Å². The number of nitrogens with one attached hydrogen (secondary N) is 1. The highest BCUT2D eigenvalue weighted by molar-refractivity contribution is 6.38. The Labute approximate surface area is 241 Å². The molecule has 5 rings (SSSR count). The highest BCUT2D eigenvalue weighted by Gasteiger charge is 2.28. The number of carbonyl (C=O) groups is 3. The first-order valence-electron chi connectivity index (χ1n) is 13.3. The second kappa shape index (κ2) is 12.0. The molecular weight excluding hydrogens is 546 g/mol. The smallest absolute Gasteiger partial charge is 0.320 e. The zero-order valence-corrected chi connectivity index (χ0v) is 23.2. The van der Waals surface area contributed by atoms with E-state index in [4.69, 9.17) is 27.2 Å². The van der Waals surface area contributed by atoms with Crippen molar-refractivity contribution in [2.24, 2.45) is 5.73 Å². The fourth-order valence-corrected chi connectivity index (χ4v) is 5.27. The van der Waals surface area contributed by atoms with Crippen molar-refractivity contribution >= 4 is 46.1 Å². The number of aryl methyl sites for hydroxylation is 1. The molecule has 0 bridgehead atoms. The maximum absolute atomic E-state index is 13.1. The van der Waals surface area contributed by atoms with Gasteiger partial charge in [-0.25, -0.2) is 4.98 Å². The Morgan fingerprint density at radius 1 is 1.20 bits per heavy atom. The van der Waals surface area contributed by atoms with Gasteiger partial charge >= 0.3 is 5.97 Å². The molecule has 1 aliphatic rings. The molecule has 1 saturated heterocycles. The molecule has 1 aliphatic heterocycles. The van der Waals surface area contributed by atoms with E-state index in [0.29, 0.717) is 23.9 Å². The summed E-state index contributed by atoms with van der Waals surface area (Å²) in [4.78, 5) is 47.7. The van der Waals surface area contributed by atoms with E-state index in [1.165, 1.54) is 4.90 Å². The molecule has 11 heteroatoms. The number of pyridine rings is 1. The Balaban J connectivity index is 1.21. The van der Waals surface area contributed by atoms with E-state index in [2.05, 4.69) is 16.9 Å². The summed E-state index contributed by atoms with van der Waals surface area (Å²) in [6.07, 6.45) is 4.67. The summed E-state index contributed by atoms with van der Waals surface area (Å²) in [5, 5.41) is 10.5. The van der Waals surface area contributed by atoms with Crippen molar-refractivity contribution in [2.75, 3.05) is 31.1 Å². The van der Waals surface area contributed by atoms with Crippen LogP contribution in [-0.4, -0.2) is 70.0 Å². The molecule has 2 aromatic carbocycles. The van der Waals surface area contributed by atoms with Gasteiger partial charge in [0.25, 0.3) is 5.91 Å². The number of carbonyl (C=O) groups excluding carboxylic acids is 2. The Morgan fingerprint density at radius 2 is 1.98 bits per heavy atom. The summed E-state index contributed by atoms with van der Waals surface area (Å²) < 4.78 is 5.61. The predicted octanol–water partition coefficient (Wildman–Crippen LogP) is 3.65. The fraction of sp³-hybridized carbons (Fsp3) is 0.267. The number of halogens is 1. The molecule has 2 aromatic heterocycles. The number of amides is 2. The summed E-state index contributed by atoms with van der Waals surface area (Å²) in [6, 6.07) is 13.3. The number of benzene rings is 2. The molecule has 212 valence electrons. The van der Waals surface area contributed by atoms with Crippen molar-refractivity contribution < 1.29 is 24.2 Å². The van der Waals surface area contributed by atoms with Crippen LogP contribution in [0.25, 0.3) is 22.2 Å². The van der Waals surface area contributed by atoms with Gasteiger partial charge in [-0.15, -0.1) is 0 Å². The number of H-pyrrole nitrogens is 1.